The summed E-state index contributed by atoms with van der Waals surface area (Å²) in [7, 11) is 1.33. The average molecular weight is 546 g/mol. The highest BCUT2D eigenvalue weighted by Crippen LogP contribution is 2.54. The van der Waals surface area contributed by atoms with Gasteiger partial charge in [-0.05, 0) is 72.9 Å². The normalized spacial score (nSPS) is 28.0. The summed E-state index contributed by atoms with van der Waals surface area (Å²) < 4.78 is 35.7. The van der Waals surface area contributed by atoms with Gasteiger partial charge in [-0.2, -0.15) is 0 Å². The maximum absolute atomic E-state index is 12.9. The van der Waals surface area contributed by atoms with E-state index < -0.39 is 22.8 Å². The molecule has 0 unspecified atom stereocenters. The summed E-state index contributed by atoms with van der Waals surface area (Å²) in [6.07, 6.45) is 4.00. The van der Waals surface area contributed by atoms with Crippen molar-refractivity contribution in [3.8, 4) is 11.5 Å². The number of rotatable bonds is 6. The number of carbonyl (C=O) groups excluding carboxylic acids is 2. The first kappa shape index (κ1) is 29.2. The van der Waals surface area contributed by atoms with Crippen molar-refractivity contribution in [2.24, 2.45) is 5.92 Å². The fraction of sp³-hybridized carbons (Fsp3) is 0.667. The van der Waals surface area contributed by atoms with Crippen molar-refractivity contribution >= 4 is 12.1 Å². The molecule has 9 heteroatoms. The van der Waals surface area contributed by atoms with Crippen molar-refractivity contribution in [1.29, 1.82) is 0 Å². The Hall–Kier alpha value is -2.78. The zero-order chi connectivity index (χ0) is 28.4. The molecule has 0 aliphatic carbocycles. The lowest BCUT2D eigenvalue weighted by Gasteiger charge is -2.55. The van der Waals surface area contributed by atoms with Crippen LogP contribution in [0.15, 0.2) is 29.8 Å². The maximum atomic E-state index is 12.9. The number of amides is 1. The van der Waals surface area contributed by atoms with Crippen LogP contribution < -0.4 is 9.47 Å². The van der Waals surface area contributed by atoms with Crippen LogP contribution in [0.2, 0.25) is 0 Å². The van der Waals surface area contributed by atoms with Gasteiger partial charge in [0.15, 0.2) is 6.61 Å². The molecule has 1 aromatic carbocycles. The van der Waals surface area contributed by atoms with Gasteiger partial charge in [0.2, 0.25) is 0 Å². The van der Waals surface area contributed by atoms with Gasteiger partial charge in [0.05, 0.1) is 33.0 Å². The van der Waals surface area contributed by atoms with Crippen LogP contribution in [-0.4, -0.2) is 73.8 Å². The van der Waals surface area contributed by atoms with Crippen LogP contribution in [-0.2, 0) is 23.7 Å². The first-order valence-electron chi connectivity index (χ1n) is 13.7. The van der Waals surface area contributed by atoms with Gasteiger partial charge >= 0.3 is 12.1 Å². The molecular weight excluding hydrogens is 502 g/mol. The lowest BCUT2D eigenvalue weighted by atomic mass is 9.69. The highest BCUT2D eigenvalue weighted by atomic mass is 16.6. The largest absolute Gasteiger partial charge is 0.487 e. The van der Waals surface area contributed by atoms with Crippen LogP contribution >= 0.6 is 0 Å². The second kappa shape index (κ2) is 11.4. The molecule has 9 nitrogen and oxygen atoms in total. The molecular formula is C30H43NO8. The minimum absolute atomic E-state index is 0.00950. The van der Waals surface area contributed by atoms with Crippen molar-refractivity contribution in [3.05, 3.63) is 35.4 Å². The number of hydrogen-bond acceptors (Lipinski definition) is 8. The smallest absolute Gasteiger partial charge is 0.410 e. The highest BCUT2D eigenvalue weighted by Gasteiger charge is 2.55. The third-order valence-corrected chi connectivity index (χ3v) is 7.58. The SMILES string of the molecule is COC(=O)COc1ccc2c(c1)O[C@](C)(CCC=C(C)C)[C@H]1C[C@]3(CO[C@H]21)CN(C(=O)OC(C)(C)C)CCO3. The number of esters is 1. The van der Waals surface area contributed by atoms with E-state index in [1.165, 1.54) is 12.7 Å². The number of allylic oxidation sites excluding steroid dienone is 2. The first-order valence-corrected chi connectivity index (χ1v) is 13.7. The molecule has 0 bridgehead atoms. The fourth-order valence-electron chi connectivity index (χ4n) is 5.65. The van der Waals surface area contributed by atoms with Crippen LogP contribution in [0.25, 0.3) is 0 Å². The molecule has 2 fully saturated rings. The van der Waals surface area contributed by atoms with Gasteiger partial charge in [0.1, 0.15) is 28.3 Å². The Labute approximate surface area is 231 Å². The van der Waals surface area contributed by atoms with E-state index in [-0.39, 0.29) is 24.7 Å². The molecule has 0 radical (unpaired) electrons. The number of morpholine rings is 1. The molecule has 3 aliphatic heterocycles. The summed E-state index contributed by atoms with van der Waals surface area (Å²) in [4.78, 5) is 26.2. The predicted molar refractivity (Wildman–Crippen MR) is 145 cm³/mol. The lowest BCUT2D eigenvalue weighted by molar-refractivity contribution is -0.231. The van der Waals surface area contributed by atoms with Crippen molar-refractivity contribution in [1.82, 2.24) is 4.90 Å². The molecule has 0 saturated carbocycles. The average Bonchev–Trinajstić information content (AvgIpc) is 2.86. The zero-order valence-corrected chi connectivity index (χ0v) is 24.3. The second-order valence-corrected chi connectivity index (χ2v) is 12.3. The maximum Gasteiger partial charge on any atom is 0.410 e. The predicted octanol–water partition coefficient (Wildman–Crippen LogP) is 5.22. The van der Waals surface area contributed by atoms with E-state index in [2.05, 4.69) is 31.6 Å². The Balaban J connectivity index is 1.60. The summed E-state index contributed by atoms with van der Waals surface area (Å²) >= 11 is 0. The Bertz CT molecular complexity index is 1090. The first-order chi connectivity index (χ1) is 18.3. The molecule has 4 rings (SSSR count). The minimum atomic E-state index is -0.640. The minimum Gasteiger partial charge on any atom is -0.487 e. The molecule has 1 amide bonds. The number of ether oxygens (including phenoxy) is 6. The standard InChI is InChI=1S/C30H43NO8/c1-20(2)9-8-12-29(6)23-16-30(18-31(13-14-37-30)27(33)39-28(3,4)5)19-36-26(23)22-11-10-21(15-24(22)38-29)35-17-25(32)34-7/h9-11,15,23,26H,8,12-14,16-19H2,1-7H3/t23-,26+,29+,30+/m0/s1. The lowest BCUT2D eigenvalue weighted by Crippen LogP contribution is -2.63. The van der Waals surface area contributed by atoms with E-state index in [9.17, 15) is 9.59 Å². The van der Waals surface area contributed by atoms with Crippen LogP contribution in [0.1, 0.15) is 72.5 Å². The van der Waals surface area contributed by atoms with Gasteiger partial charge in [-0.15, -0.1) is 0 Å². The monoisotopic (exact) mass is 545 g/mol. The van der Waals surface area contributed by atoms with Crippen LogP contribution in [0.4, 0.5) is 4.79 Å². The molecule has 0 N–H and O–H groups in total. The van der Waals surface area contributed by atoms with Crippen molar-refractivity contribution in [2.75, 3.05) is 40.0 Å². The van der Waals surface area contributed by atoms with Gasteiger partial charge in [-0.25, -0.2) is 9.59 Å². The molecule has 1 aromatic rings. The summed E-state index contributed by atoms with van der Waals surface area (Å²) in [5.41, 5.74) is 0.429. The number of benzene rings is 1. The summed E-state index contributed by atoms with van der Waals surface area (Å²) in [6, 6.07) is 5.59. The van der Waals surface area contributed by atoms with Crippen molar-refractivity contribution in [3.63, 3.8) is 0 Å². The van der Waals surface area contributed by atoms with Crippen LogP contribution in [0.3, 0.4) is 0 Å². The van der Waals surface area contributed by atoms with E-state index in [1.807, 2.05) is 39.0 Å². The Kier molecular flexibility index (Phi) is 8.52. The number of carbonyl (C=O) groups is 2. The van der Waals surface area contributed by atoms with Crippen LogP contribution in [0.5, 0.6) is 11.5 Å². The molecule has 3 heterocycles. The summed E-state index contributed by atoms with van der Waals surface area (Å²) in [5, 5.41) is 0. The highest BCUT2D eigenvalue weighted by molar-refractivity contribution is 5.71. The van der Waals surface area contributed by atoms with Gasteiger partial charge in [0.25, 0.3) is 0 Å². The molecule has 216 valence electrons. The zero-order valence-electron chi connectivity index (χ0n) is 24.3. The van der Waals surface area contributed by atoms with Gasteiger partial charge < -0.3 is 33.3 Å². The number of hydrogen-bond donors (Lipinski definition) is 0. The molecule has 3 aliphatic rings. The topological polar surface area (TPSA) is 92.8 Å². The third kappa shape index (κ3) is 6.87. The number of fused-ring (bicyclic) bond motifs is 3. The number of methoxy groups -OCH3 is 1. The second-order valence-electron chi connectivity index (χ2n) is 12.3. The molecule has 1 spiro atoms. The molecule has 2 saturated heterocycles. The Morgan fingerprint density at radius 1 is 1.23 bits per heavy atom. The van der Waals surface area contributed by atoms with Gasteiger partial charge in [0, 0.05) is 24.1 Å². The van der Waals surface area contributed by atoms with Crippen LogP contribution in [0, 0.1) is 5.92 Å². The van der Waals surface area contributed by atoms with E-state index >= 15 is 0 Å². The Morgan fingerprint density at radius 3 is 2.69 bits per heavy atom. The van der Waals surface area contributed by atoms with E-state index in [1.54, 1.807) is 4.90 Å². The fourth-order valence-corrected chi connectivity index (χ4v) is 5.65. The van der Waals surface area contributed by atoms with Crippen molar-refractivity contribution in [2.45, 2.75) is 83.7 Å². The van der Waals surface area contributed by atoms with E-state index in [4.69, 9.17) is 23.7 Å². The van der Waals surface area contributed by atoms with E-state index in [0.29, 0.717) is 44.2 Å². The van der Waals surface area contributed by atoms with E-state index in [0.717, 1.165) is 18.4 Å². The number of nitrogens with zero attached hydrogens (tertiary/aromatic N) is 1. The molecule has 4 atom stereocenters. The Morgan fingerprint density at radius 2 is 2.00 bits per heavy atom. The summed E-state index contributed by atoms with van der Waals surface area (Å²) in [6.45, 7) is 13.4. The third-order valence-electron chi connectivity index (χ3n) is 7.58. The van der Waals surface area contributed by atoms with Crippen molar-refractivity contribution < 1.29 is 38.0 Å². The quantitative estimate of drug-likeness (QED) is 0.355. The van der Waals surface area contributed by atoms with Gasteiger partial charge in [-0.3, -0.25) is 0 Å². The van der Waals surface area contributed by atoms with Gasteiger partial charge in [-0.1, -0.05) is 11.6 Å². The molecule has 0 aromatic heterocycles. The molecule has 39 heavy (non-hydrogen) atoms. The summed E-state index contributed by atoms with van der Waals surface area (Å²) in [5.74, 6) is 0.758.